The minimum atomic E-state index is 0.920. The molecule has 1 N–H and O–H groups in total. The molecule has 0 saturated heterocycles. The fourth-order valence-electron chi connectivity index (χ4n) is 1.54. The molecule has 0 atom stereocenters. The van der Waals surface area contributed by atoms with E-state index in [1.54, 1.807) is 11.3 Å². The average Bonchev–Trinajstić information content (AvgIpc) is 2.93. The lowest BCUT2D eigenvalue weighted by molar-refractivity contribution is 0.667. The van der Waals surface area contributed by atoms with Crippen LogP contribution in [0.2, 0.25) is 0 Å². The molecule has 1 saturated carbocycles. The van der Waals surface area contributed by atoms with Crippen LogP contribution in [0.3, 0.4) is 0 Å². The predicted octanol–water partition coefficient (Wildman–Crippen LogP) is 2.03. The minimum absolute atomic E-state index is 0.920. The lowest BCUT2D eigenvalue weighted by atomic mass is 10.3. The van der Waals surface area contributed by atoms with E-state index < -0.39 is 0 Å². The van der Waals surface area contributed by atoms with Crippen molar-refractivity contribution in [2.24, 2.45) is 5.92 Å². The number of rotatable bonds is 7. The summed E-state index contributed by atoms with van der Waals surface area (Å²) in [5, 5.41) is 14.3. The molecule has 1 aliphatic rings. The summed E-state index contributed by atoms with van der Waals surface area (Å²) in [6.07, 6.45) is 6.19. The van der Waals surface area contributed by atoms with Gasteiger partial charge in [-0.2, -0.15) is 0 Å². The zero-order valence-electron chi connectivity index (χ0n) is 9.33. The third-order valence-corrected chi connectivity index (χ3v) is 3.62. The summed E-state index contributed by atoms with van der Waals surface area (Å²) in [6, 6.07) is 0. The van der Waals surface area contributed by atoms with Gasteiger partial charge in [-0.3, -0.25) is 0 Å². The molecule has 2 rings (SSSR count). The lowest BCUT2D eigenvalue weighted by Crippen LogP contribution is -2.17. The molecule has 0 bridgehead atoms. The van der Waals surface area contributed by atoms with Gasteiger partial charge in [-0.05, 0) is 31.7 Å². The fourth-order valence-corrected chi connectivity index (χ4v) is 2.50. The van der Waals surface area contributed by atoms with Crippen LogP contribution in [0, 0.1) is 5.92 Å². The summed E-state index contributed by atoms with van der Waals surface area (Å²) in [7, 11) is 0. The molecular weight excluding hydrogens is 206 g/mol. The highest BCUT2D eigenvalue weighted by atomic mass is 32.1. The first-order valence-electron chi connectivity index (χ1n) is 5.90. The average molecular weight is 225 g/mol. The van der Waals surface area contributed by atoms with Crippen molar-refractivity contribution >= 4 is 11.3 Å². The first kappa shape index (κ1) is 11.0. The Hall–Kier alpha value is -0.480. The predicted molar refractivity (Wildman–Crippen MR) is 63.2 cm³/mol. The molecule has 1 aliphatic carbocycles. The Bertz CT molecular complexity index is 294. The Labute approximate surface area is 95.3 Å². The largest absolute Gasteiger partial charge is 0.316 e. The van der Waals surface area contributed by atoms with E-state index in [2.05, 4.69) is 22.4 Å². The maximum atomic E-state index is 4.24. The van der Waals surface area contributed by atoms with Gasteiger partial charge in [0.25, 0.3) is 0 Å². The van der Waals surface area contributed by atoms with Gasteiger partial charge < -0.3 is 5.32 Å². The fraction of sp³-hybridized carbons (Fsp3) is 0.818. The van der Waals surface area contributed by atoms with Gasteiger partial charge in [0.2, 0.25) is 0 Å². The van der Waals surface area contributed by atoms with Crippen molar-refractivity contribution < 1.29 is 0 Å². The van der Waals surface area contributed by atoms with E-state index in [0.717, 1.165) is 25.4 Å². The van der Waals surface area contributed by atoms with Crippen LogP contribution in [0.25, 0.3) is 0 Å². The summed E-state index contributed by atoms with van der Waals surface area (Å²) < 4.78 is 0. The monoisotopic (exact) mass is 225 g/mol. The highest BCUT2D eigenvalue weighted by Crippen LogP contribution is 2.33. The van der Waals surface area contributed by atoms with Crippen LogP contribution in [-0.2, 0) is 12.8 Å². The standard InChI is InChI=1S/C11H19N3S/c1-2-6-12-7-5-10-13-14-11(15-10)8-9-3-4-9/h9,12H,2-8H2,1H3. The van der Waals surface area contributed by atoms with Gasteiger partial charge in [-0.25, -0.2) is 0 Å². The number of nitrogens with one attached hydrogen (secondary N) is 1. The summed E-state index contributed by atoms with van der Waals surface area (Å²) >= 11 is 1.80. The van der Waals surface area contributed by atoms with Crippen LogP contribution in [0.1, 0.15) is 36.2 Å². The number of aromatic nitrogens is 2. The maximum absolute atomic E-state index is 4.24. The maximum Gasteiger partial charge on any atom is 0.118 e. The highest BCUT2D eigenvalue weighted by molar-refractivity contribution is 7.11. The molecule has 0 radical (unpaired) electrons. The summed E-state index contributed by atoms with van der Waals surface area (Å²) in [6.45, 7) is 4.32. The zero-order valence-corrected chi connectivity index (χ0v) is 10.1. The van der Waals surface area contributed by atoms with Crippen molar-refractivity contribution in [3.8, 4) is 0 Å². The van der Waals surface area contributed by atoms with E-state index in [0.29, 0.717) is 0 Å². The Kier molecular flexibility index (Phi) is 4.09. The summed E-state index contributed by atoms with van der Waals surface area (Å²) in [5.41, 5.74) is 0. The van der Waals surface area contributed by atoms with Crippen molar-refractivity contribution in [2.75, 3.05) is 13.1 Å². The van der Waals surface area contributed by atoms with E-state index >= 15 is 0 Å². The van der Waals surface area contributed by atoms with E-state index in [1.807, 2.05) is 0 Å². The first-order valence-corrected chi connectivity index (χ1v) is 6.72. The van der Waals surface area contributed by atoms with Crippen LogP contribution in [0.5, 0.6) is 0 Å². The lowest BCUT2D eigenvalue weighted by Gasteiger charge is -1.98. The third-order valence-electron chi connectivity index (χ3n) is 2.61. The normalized spacial score (nSPS) is 15.8. The van der Waals surface area contributed by atoms with Crippen molar-refractivity contribution in [1.29, 1.82) is 0 Å². The van der Waals surface area contributed by atoms with E-state index in [9.17, 15) is 0 Å². The molecule has 4 heteroatoms. The molecule has 3 nitrogen and oxygen atoms in total. The van der Waals surface area contributed by atoms with Crippen molar-refractivity contribution in [3.05, 3.63) is 10.0 Å². The molecular formula is C11H19N3S. The van der Waals surface area contributed by atoms with Crippen LogP contribution in [0.15, 0.2) is 0 Å². The number of hydrogen-bond donors (Lipinski definition) is 1. The zero-order chi connectivity index (χ0) is 10.5. The number of hydrogen-bond acceptors (Lipinski definition) is 4. The molecule has 0 aromatic carbocycles. The molecule has 1 aromatic rings. The second-order valence-electron chi connectivity index (χ2n) is 4.24. The van der Waals surface area contributed by atoms with Gasteiger partial charge >= 0.3 is 0 Å². The second-order valence-corrected chi connectivity index (χ2v) is 5.38. The van der Waals surface area contributed by atoms with Crippen LogP contribution in [0.4, 0.5) is 0 Å². The van der Waals surface area contributed by atoms with Crippen molar-refractivity contribution in [1.82, 2.24) is 15.5 Å². The third kappa shape index (κ3) is 3.87. The Balaban J connectivity index is 1.69. The van der Waals surface area contributed by atoms with Crippen LogP contribution >= 0.6 is 11.3 Å². The molecule has 1 aromatic heterocycles. The first-order chi connectivity index (χ1) is 7.38. The van der Waals surface area contributed by atoms with Crippen molar-refractivity contribution in [3.63, 3.8) is 0 Å². The van der Waals surface area contributed by atoms with Gasteiger partial charge in [0.15, 0.2) is 0 Å². The molecule has 0 unspecified atom stereocenters. The summed E-state index contributed by atoms with van der Waals surface area (Å²) in [4.78, 5) is 0. The van der Waals surface area contributed by atoms with E-state index in [4.69, 9.17) is 0 Å². The molecule has 0 aliphatic heterocycles. The molecule has 0 spiro atoms. The Morgan fingerprint density at radius 2 is 2.07 bits per heavy atom. The van der Waals surface area contributed by atoms with Crippen molar-refractivity contribution in [2.45, 2.75) is 39.0 Å². The SMILES string of the molecule is CCCNCCc1nnc(CC2CC2)s1. The molecule has 84 valence electrons. The van der Waals surface area contributed by atoms with Gasteiger partial charge in [0, 0.05) is 19.4 Å². The van der Waals surface area contributed by atoms with Crippen LogP contribution in [-0.4, -0.2) is 23.3 Å². The van der Waals surface area contributed by atoms with Gasteiger partial charge in [-0.1, -0.05) is 6.92 Å². The quantitative estimate of drug-likeness (QED) is 0.722. The Morgan fingerprint density at radius 3 is 2.80 bits per heavy atom. The topological polar surface area (TPSA) is 37.8 Å². The van der Waals surface area contributed by atoms with E-state index in [-0.39, 0.29) is 0 Å². The second kappa shape index (κ2) is 5.56. The van der Waals surface area contributed by atoms with E-state index in [1.165, 1.54) is 35.7 Å². The molecule has 1 fully saturated rings. The molecule has 15 heavy (non-hydrogen) atoms. The number of nitrogens with zero attached hydrogens (tertiary/aromatic N) is 2. The minimum Gasteiger partial charge on any atom is -0.316 e. The Morgan fingerprint density at radius 1 is 1.27 bits per heavy atom. The van der Waals surface area contributed by atoms with Crippen LogP contribution < -0.4 is 5.32 Å². The highest BCUT2D eigenvalue weighted by Gasteiger charge is 2.23. The van der Waals surface area contributed by atoms with Gasteiger partial charge in [-0.15, -0.1) is 21.5 Å². The smallest absolute Gasteiger partial charge is 0.118 e. The van der Waals surface area contributed by atoms with Gasteiger partial charge in [0.05, 0.1) is 0 Å². The molecule has 0 amide bonds. The van der Waals surface area contributed by atoms with Gasteiger partial charge in [0.1, 0.15) is 10.0 Å². The summed E-state index contributed by atoms with van der Waals surface area (Å²) in [5.74, 6) is 0.920. The molecule has 1 heterocycles.